The number of thioether (sulfide) groups is 1. The summed E-state index contributed by atoms with van der Waals surface area (Å²) in [4.78, 5) is 12.8. The molecule has 5 nitrogen and oxygen atoms in total. The Kier molecular flexibility index (Phi) is 6.75. The number of benzene rings is 2. The van der Waals surface area contributed by atoms with Crippen LogP contribution < -0.4 is 5.32 Å². The lowest BCUT2D eigenvalue weighted by Gasteiger charge is -2.16. The number of hydrogen-bond acceptors (Lipinski definition) is 4. The molecule has 0 aliphatic heterocycles. The van der Waals surface area contributed by atoms with Crippen molar-refractivity contribution in [2.24, 2.45) is 0 Å². The number of aromatic nitrogens is 3. The smallest absolute Gasteiger partial charge is 0.237 e. The molecule has 0 bridgehead atoms. The highest BCUT2D eigenvalue weighted by atomic mass is 32.2. The number of amides is 1. The Morgan fingerprint density at radius 1 is 1.10 bits per heavy atom. The lowest BCUT2D eigenvalue weighted by atomic mass is 10.1. The summed E-state index contributed by atoms with van der Waals surface area (Å²) in [5.74, 6) is 0.816. The fourth-order valence-electron chi connectivity index (χ4n) is 3.25. The molecule has 3 aromatic rings. The molecule has 0 saturated heterocycles. The fraction of sp³-hybridized carbons (Fsp3) is 0.348. The SMILES string of the molecule is CCCn1c(S[C@H](C)C(=O)Nc2c(C)cccc2C)nnc1-c1cccc(C)c1. The van der Waals surface area contributed by atoms with Crippen LogP contribution in [0.5, 0.6) is 0 Å². The molecule has 0 fully saturated rings. The van der Waals surface area contributed by atoms with E-state index in [2.05, 4.69) is 52.1 Å². The first kappa shape index (κ1) is 21.1. The molecule has 1 N–H and O–H groups in total. The number of carbonyl (C=O) groups excluding carboxylic acids is 1. The van der Waals surface area contributed by atoms with Gasteiger partial charge >= 0.3 is 0 Å². The third-order valence-electron chi connectivity index (χ3n) is 4.82. The van der Waals surface area contributed by atoms with Gasteiger partial charge in [-0.2, -0.15) is 0 Å². The monoisotopic (exact) mass is 408 g/mol. The first-order valence-corrected chi connectivity index (χ1v) is 10.8. The highest BCUT2D eigenvalue weighted by Crippen LogP contribution is 2.29. The van der Waals surface area contributed by atoms with Crippen molar-refractivity contribution in [2.45, 2.75) is 58.0 Å². The molecule has 3 rings (SSSR count). The summed E-state index contributed by atoms with van der Waals surface area (Å²) >= 11 is 1.45. The van der Waals surface area contributed by atoms with E-state index < -0.39 is 0 Å². The maximum absolute atomic E-state index is 12.8. The molecule has 0 saturated carbocycles. The fourth-order valence-corrected chi connectivity index (χ4v) is 4.12. The van der Waals surface area contributed by atoms with E-state index in [1.807, 2.05) is 45.0 Å². The van der Waals surface area contributed by atoms with Crippen LogP contribution in [0.15, 0.2) is 47.6 Å². The molecular weight excluding hydrogens is 380 g/mol. The molecule has 1 aromatic heterocycles. The number of rotatable bonds is 7. The zero-order valence-electron chi connectivity index (χ0n) is 17.7. The van der Waals surface area contributed by atoms with Crippen molar-refractivity contribution < 1.29 is 4.79 Å². The summed E-state index contributed by atoms with van der Waals surface area (Å²) in [6.07, 6.45) is 0.966. The second kappa shape index (κ2) is 9.27. The van der Waals surface area contributed by atoms with Crippen LogP contribution in [0.4, 0.5) is 5.69 Å². The molecule has 6 heteroatoms. The van der Waals surface area contributed by atoms with E-state index in [-0.39, 0.29) is 11.2 Å². The minimum absolute atomic E-state index is 0.0319. The third kappa shape index (κ3) is 4.88. The molecule has 2 aromatic carbocycles. The number of carbonyl (C=O) groups is 1. The van der Waals surface area contributed by atoms with Crippen LogP contribution >= 0.6 is 11.8 Å². The van der Waals surface area contributed by atoms with Gasteiger partial charge in [0, 0.05) is 17.8 Å². The molecule has 152 valence electrons. The first-order chi connectivity index (χ1) is 13.9. The number of para-hydroxylation sites is 1. The number of nitrogens with zero attached hydrogens (tertiary/aromatic N) is 3. The van der Waals surface area contributed by atoms with E-state index in [1.54, 1.807) is 0 Å². The quantitative estimate of drug-likeness (QED) is 0.532. The van der Waals surface area contributed by atoms with Crippen LogP contribution in [0.25, 0.3) is 11.4 Å². The topological polar surface area (TPSA) is 59.8 Å². The summed E-state index contributed by atoms with van der Waals surface area (Å²) in [5.41, 5.74) is 5.24. The molecule has 29 heavy (non-hydrogen) atoms. The van der Waals surface area contributed by atoms with Gasteiger partial charge in [-0.05, 0) is 51.3 Å². The molecule has 0 aliphatic carbocycles. The van der Waals surface area contributed by atoms with Crippen LogP contribution in [0.1, 0.15) is 37.0 Å². The third-order valence-corrected chi connectivity index (χ3v) is 5.90. The predicted octanol–water partition coefficient (Wildman–Crippen LogP) is 5.40. The van der Waals surface area contributed by atoms with E-state index in [9.17, 15) is 4.79 Å². The number of aryl methyl sites for hydroxylation is 3. The minimum Gasteiger partial charge on any atom is -0.325 e. The van der Waals surface area contributed by atoms with Gasteiger partial charge in [-0.25, -0.2) is 0 Å². The molecule has 1 amide bonds. The summed E-state index contributed by atoms with van der Waals surface area (Å²) in [5, 5.41) is 12.4. The van der Waals surface area contributed by atoms with Gasteiger partial charge in [-0.1, -0.05) is 60.6 Å². The van der Waals surface area contributed by atoms with Gasteiger partial charge in [0.15, 0.2) is 11.0 Å². The lowest BCUT2D eigenvalue weighted by molar-refractivity contribution is -0.115. The Morgan fingerprint density at radius 2 is 1.79 bits per heavy atom. The zero-order chi connectivity index (χ0) is 21.0. The van der Waals surface area contributed by atoms with Crippen LogP contribution in [0.3, 0.4) is 0 Å². The second-order valence-electron chi connectivity index (χ2n) is 7.34. The van der Waals surface area contributed by atoms with Crippen molar-refractivity contribution >= 4 is 23.4 Å². The lowest BCUT2D eigenvalue weighted by Crippen LogP contribution is -2.24. The van der Waals surface area contributed by atoms with Crippen LogP contribution in [-0.2, 0) is 11.3 Å². The van der Waals surface area contributed by atoms with Crippen molar-refractivity contribution in [2.75, 3.05) is 5.32 Å². The van der Waals surface area contributed by atoms with E-state index >= 15 is 0 Å². The molecule has 0 radical (unpaired) electrons. The van der Waals surface area contributed by atoms with Crippen LogP contribution in [-0.4, -0.2) is 25.9 Å². The summed E-state index contributed by atoms with van der Waals surface area (Å²) < 4.78 is 2.11. The Labute approximate surface area is 176 Å². The van der Waals surface area contributed by atoms with Crippen molar-refractivity contribution in [1.82, 2.24) is 14.8 Å². The maximum atomic E-state index is 12.8. The second-order valence-corrected chi connectivity index (χ2v) is 8.65. The Bertz CT molecular complexity index is 992. The average molecular weight is 409 g/mol. The Hall–Kier alpha value is -2.60. The molecule has 0 unspecified atom stereocenters. The summed E-state index contributed by atoms with van der Waals surface area (Å²) in [6, 6.07) is 14.3. The van der Waals surface area contributed by atoms with Gasteiger partial charge in [0.2, 0.25) is 5.91 Å². The highest BCUT2D eigenvalue weighted by Gasteiger charge is 2.21. The van der Waals surface area contributed by atoms with Crippen molar-refractivity contribution in [3.05, 3.63) is 59.2 Å². The molecular formula is C23H28N4OS. The highest BCUT2D eigenvalue weighted by molar-refractivity contribution is 8.00. The number of anilines is 1. The van der Waals surface area contributed by atoms with Crippen LogP contribution in [0.2, 0.25) is 0 Å². The van der Waals surface area contributed by atoms with Gasteiger partial charge in [0.05, 0.1) is 5.25 Å². The van der Waals surface area contributed by atoms with Gasteiger partial charge in [0.1, 0.15) is 0 Å². The normalized spacial score (nSPS) is 12.0. The van der Waals surface area contributed by atoms with E-state index in [0.29, 0.717) is 0 Å². The van der Waals surface area contributed by atoms with Crippen molar-refractivity contribution in [3.8, 4) is 11.4 Å². The average Bonchev–Trinajstić information content (AvgIpc) is 3.07. The molecule has 0 spiro atoms. The maximum Gasteiger partial charge on any atom is 0.237 e. The zero-order valence-corrected chi connectivity index (χ0v) is 18.5. The predicted molar refractivity (Wildman–Crippen MR) is 120 cm³/mol. The van der Waals surface area contributed by atoms with E-state index in [0.717, 1.165) is 46.3 Å². The van der Waals surface area contributed by atoms with Gasteiger partial charge in [-0.3, -0.25) is 4.79 Å². The Balaban J connectivity index is 1.81. The number of hydrogen-bond donors (Lipinski definition) is 1. The number of nitrogens with one attached hydrogen (secondary N) is 1. The standard InChI is InChI=1S/C23H28N4OS/c1-6-13-27-21(19-12-7-9-15(2)14-19)25-26-23(27)29-18(5)22(28)24-20-16(3)10-8-11-17(20)4/h7-12,14,18H,6,13H2,1-5H3,(H,24,28)/t18-/m1/s1. The molecule has 1 heterocycles. The molecule has 0 aliphatic rings. The van der Waals surface area contributed by atoms with Gasteiger partial charge in [0.25, 0.3) is 0 Å². The minimum atomic E-state index is -0.292. The van der Waals surface area contributed by atoms with Crippen molar-refractivity contribution in [1.29, 1.82) is 0 Å². The van der Waals surface area contributed by atoms with E-state index in [1.165, 1.54) is 17.3 Å². The van der Waals surface area contributed by atoms with Gasteiger partial charge in [-0.15, -0.1) is 10.2 Å². The van der Waals surface area contributed by atoms with Crippen LogP contribution in [0, 0.1) is 20.8 Å². The van der Waals surface area contributed by atoms with E-state index in [4.69, 9.17) is 0 Å². The summed E-state index contributed by atoms with van der Waals surface area (Å²) in [7, 11) is 0. The Morgan fingerprint density at radius 3 is 2.45 bits per heavy atom. The molecule has 1 atom stereocenters. The first-order valence-electron chi connectivity index (χ1n) is 9.94. The van der Waals surface area contributed by atoms with Crippen molar-refractivity contribution in [3.63, 3.8) is 0 Å². The van der Waals surface area contributed by atoms with Gasteiger partial charge < -0.3 is 9.88 Å². The summed E-state index contributed by atoms with van der Waals surface area (Å²) in [6.45, 7) is 10.9. The largest absolute Gasteiger partial charge is 0.325 e.